The molecule has 1 aliphatic heterocycles. The van der Waals surface area contributed by atoms with Crippen molar-refractivity contribution in [2.45, 2.75) is 12.8 Å². The number of carbonyl (C=O) groups excluding carboxylic acids is 1. The summed E-state index contributed by atoms with van der Waals surface area (Å²) in [7, 11) is 0. The fourth-order valence-corrected chi connectivity index (χ4v) is 4.11. The van der Waals surface area contributed by atoms with Crippen LogP contribution in [0.5, 0.6) is 5.75 Å². The topological polar surface area (TPSA) is 110 Å². The molecule has 4 rings (SSSR count). The van der Waals surface area contributed by atoms with E-state index in [0.29, 0.717) is 0 Å². The van der Waals surface area contributed by atoms with Crippen molar-refractivity contribution in [3.05, 3.63) is 77.9 Å². The van der Waals surface area contributed by atoms with Gasteiger partial charge in [-0.3, -0.25) is 4.79 Å². The predicted molar refractivity (Wildman–Crippen MR) is 134 cm³/mol. The molecule has 3 aromatic carbocycles. The number of carboxylic acid groups (broad SMARTS) is 1. The van der Waals surface area contributed by atoms with E-state index in [-0.39, 0.29) is 47.5 Å². The zero-order chi connectivity index (χ0) is 23.4. The third-order valence-corrected chi connectivity index (χ3v) is 6.07. The van der Waals surface area contributed by atoms with Crippen LogP contribution in [-0.4, -0.2) is 46.9 Å². The van der Waals surface area contributed by atoms with Crippen LogP contribution in [0.1, 0.15) is 33.6 Å². The molecule has 178 valence electrons. The Labute approximate surface area is 204 Å². The molecular formula is C26H27ClN2O5. The number of hydrogen-bond donors (Lipinski definition) is 4. The van der Waals surface area contributed by atoms with Crippen molar-refractivity contribution >= 4 is 35.7 Å². The highest BCUT2D eigenvalue weighted by atomic mass is 35.5. The Kier molecular flexibility index (Phi) is 8.15. The van der Waals surface area contributed by atoms with Crippen LogP contribution in [0.3, 0.4) is 0 Å². The third-order valence-electron chi connectivity index (χ3n) is 6.07. The minimum atomic E-state index is -1.16. The first-order valence-corrected chi connectivity index (χ1v) is 10.9. The van der Waals surface area contributed by atoms with Crippen LogP contribution in [0, 0.1) is 5.92 Å². The number of carbonyl (C=O) groups is 2. The molecule has 0 atom stereocenters. The molecule has 8 heteroatoms. The quantitative estimate of drug-likeness (QED) is 0.407. The van der Waals surface area contributed by atoms with Gasteiger partial charge in [0.2, 0.25) is 0 Å². The van der Waals surface area contributed by atoms with Gasteiger partial charge >= 0.3 is 5.97 Å². The van der Waals surface area contributed by atoms with E-state index < -0.39 is 11.9 Å². The summed E-state index contributed by atoms with van der Waals surface area (Å²) in [6.45, 7) is 1.67. The summed E-state index contributed by atoms with van der Waals surface area (Å²) in [4.78, 5) is 26.9. The maximum absolute atomic E-state index is 13.1. The van der Waals surface area contributed by atoms with E-state index in [1.807, 2.05) is 30.3 Å². The summed E-state index contributed by atoms with van der Waals surface area (Å²) >= 11 is 0. The number of aliphatic hydroxyl groups excluding tert-OH is 1. The number of benzene rings is 3. The molecule has 0 radical (unpaired) electrons. The molecule has 1 saturated heterocycles. The molecular weight excluding hydrogens is 456 g/mol. The van der Waals surface area contributed by atoms with Crippen LogP contribution < -0.4 is 10.2 Å². The molecule has 0 spiro atoms. The van der Waals surface area contributed by atoms with E-state index in [4.69, 9.17) is 0 Å². The minimum absolute atomic E-state index is 0. The highest BCUT2D eigenvalue weighted by Gasteiger charge is 2.22. The smallest absolute Gasteiger partial charge is 0.337 e. The standard InChI is InChI=1S/C26H26N2O5.ClH/c29-16-17-10-12-28(13-11-17)20-7-9-24(30)22(15-20)25(31)27-23-14-19(6-8-21(23)26(32)33)18-4-2-1-3-5-18;/h1-9,14-15,17,29-30H,10-13,16H2,(H,27,31)(H,32,33);1H. The third kappa shape index (κ3) is 5.50. The average molecular weight is 483 g/mol. The number of carboxylic acids is 1. The fourth-order valence-electron chi connectivity index (χ4n) is 4.11. The van der Waals surface area contributed by atoms with Gasteiger partial charge in [-0.2, -0.15) is 0 Å². The Bertz CT molecular complexity index is 1160. The molecule has 0 bridgehead atoms. The van der Waals surface area contributed by atoms with Gasteiger partial charge in [0.1, 0.15) is 5.75 Å². The molecule has 3 aromatic rings. The van der Waals surface area contributed by atoms with E-state index in [1.165, 1.54) is 12.1 Å². The largest absolute Gasteiger partial charge is 0.507 e. The van der Waals surface area contributed by atoms with E-state index >= 15 is 0 Å². The monoisotopic (exact) mass is 482 g/mol. The highest BCUT2D eigenvalue weighted by Crippen LogP contribution is 2.30. The lowest BCUT2D eigenvalue weighted by atomic mass is 9.97. The maximum atomic E-state index is 13.1. The molecule has 1 aliphatic rings. The molecule has 1 fully saturated rings. The molecule has 7 nitrogen and oxygen atoms in total. The summed E-state index contributed by atoms with van der Waals surface area (Å²) in [5, 5.41) is 32.0. The first-order chi connectivity index (χ1) is 16.0. The number of phenols is 1. The first kappa shape index (κ1) is 25.1. The van der Waals surface area contributed by atoms with Crippen molar-refractivity contribution in [2.24, 2.45) is 5.92 Å². The molecule has 0 unspecified atom stereocenters. The Morgan fingerprint density at radius 1 is 0.912 bits per heavy atom. The van der Waals surface area contributed by atoms with Gasteiger partial charge in [0, 0.05) is 25.4 Å². The van der Waals surface area contributed by atoms with Gasteiger partial charge in [-0.15, -0.1) is 12.4 Å². The Balaban J connectivity index is 0.00000324. The van der Waals surface area contributed by atoms with Crippen molar-refractivity contribution in [3.63, 3.8) is 0 Å². The highest BCUT2D eigenvalue weighted by molar-refractivity contribution is 6.10. The number of aromatic hydroxyl groups is 1. The number of hydrogen-bond acceptors (Lipinski definition) is 5. The number of aromatic carboxylic acids is 1. The van der Waals surface area contributed by atoms with Gasteiger partial charge in [-0.25, -0.2) is 4.79 Å². The normalized spacial score (nSPS) is 13.7. The van der Waals surface area contributed by atoms with E-state index in [0.717, 1.165) is 42.7 Å². The number of halogens is 1. The summed E-state index contributed by atoms with van der Waals surface area (Å²) in [6.07, 6.45) is 1.71. The molecule has 4 N–H and O–H groups in total. The number of amides is 1. The number of phenolic OH excluding ortho intramolecular Hbond substituents is 1. The Morgan fingerprint density at radius 2 is 1.62 bits per heavy atom. The summed E-state index contributed by atoms with van der Waals surface area (Å²) < 4.78 is 0. The van der Waals surface area contributed by atoms with Gasteiger partial charge in [0.05, 0.1) is 16.8 Å². The average Bonchev–Trinajstić information content (AvgIpc) is 2.84. The zero-order valence-corrected chi connectivity index (χ0v) is 19.3. The van der Waals surface area contributed by atoms with Crippen LogP contribution in [0.2, 0.25) is 0 Å². The molecule has 0 aromatic heterocycles. The number of nitrogens with zero attached hydrogens (tertiary/aromatic N) is 1. The van der Waals surface area contributed by atoms with Crippen LogP contribution in [0.4, 0.5) is 11.4 Å². The lowest BCUT2D eigenvalue weighted by Crippen LogP contribution is -2.34. The fraction of sp³-hybridized carbons (Fsp3) is 0.231. The molecule has 1 amide bonds. The van der Waals surface area contributed by atoms with Gasteiger partial charge < -0.3 is 25.5 Å². The van der Waals surface area contributed by atoms with Gasteiger partial charge in [0.15, 0.2) is 0 Å². The van der Waals surface area contributed by atoms with Crippen molar-refractivity contribution in [2.75, 3.05) is 29.9 Å². The number of aliphatic hydroxyl groups is 1. The molecule has 0 aliphatic carbocycles. The second kappa shape index (κ2) is 11.0. The Hall–Kier alpha value is -3.55. The first-order valence-electron chi connectivity index (χ1n) is 10.9. The summed E-state index contributed by atoms with van der Waals surface area (Å²) in [5.41, 5.74) is 2.64. The summed E-state index contributed by atoms with van der Waals surface area (Å²) in [5.74, 6) is -1.65. The SMILES string of the molecule is Cl.O=C(Nc1cc(-c2ccccc2)ccc1C(=O)O)c1cc(N2CCC(CO)CC2)ccc1O. The Morgan fingerprint density at radius 3 is 2.26 bits per heavy atom. The molecule has 0 saturated carbocycles. The van der Waals surface area contributed by atoms with Gasteiger partial charge in [0.25, 0.3) is 5.91 Å². The minimum Gasteiger partial charge on any atom is -0.507 e. The van der Waals surface area contributed by atoms with Crippen molar-refractivity contribution in [3.8, 4) is 16.9 Å². The van der Waals surface area contributed by atoms with Crippen LogP contribution in [0.25, 0.3) is 11.1 Å². The zero-order valence-electron chi connectivity index (χ0n) is 18.5. The predicted octanol–water partition coefficient (Wildman–Crippen LogP) is 4.64. The van der Waals surface area contributed by atoms with Gasteiger partial charge in [-0.05, 0) is 60.2 Å². The van der Waals surface area contributed by atoms with Crippen molar-refractivity contribution in [1.29, 1.82) is 0 Å². The van der Waals surface area contributed by atoms with Crippen LogP contribution in [0.15, 0.2) is 66.7 Å². The van der Waals surface area contributed by atoms with E-state index in [2.05, 4.69) is 10.2 Å². The van der Waals surface area contributed by atoms with Crippen LogP contribution in [-0.2, 0) is 0 Å². The van der Waals surface area contributed by atoms with Crippen molar-refractivity contribution in [1.82, 2.24) is 0 Å². The second-order valence-corrected chi connectivity index (χ2v) is 8.20. The number of rotatable bonds is 6. The lowest BCUT2D eigenvalue weighted by Gasteiger charge is -2.33. The van der Waals surface area contributed by atoms with Gasteiger partial charge in [-0.1, -0.05) is 36.4 Å². The molecule has 34 heavy (non-hydrogen) atoms. The van der Waals surface area contributed by atoms with E-state index in [1.54, 1.807) is 24.3 Å². The van der Waals surface area contributed by atoms with Crippen LogP contribution >= 0.6 is 12.4 Å². The van der Waals surface area contributed by atoms with Crippen molar-refractivity contribution < 1.29 is 24.9 Å². The lowest BCUT2D eigenvalue weighted by molar-refractivity contribution is 0.0698. The number of anilines is 2. The number of piperidine rings is 1. The number of nitrogens with one attached hydrogen (secondary N) is 1. The molecule has 1 heterocycles. The van der Waals surface area contributed by atoms with E-state index in [9.17, 15) is 24.9 Å². The maximum Gasteiger partial charge on any atom is 0.337 e. The second-order valence-electron chi connectivity index (χ2n) is 8.20. The summed E-state index contributed by atoms with van der Waals surface area (Å²) in [6, 6.07) is 19.1.